The van der Waals surface area contributed by atoms with Crippen LogP contribution in [0.25, 0.3) is 0 Å². The molecule has 1 aromatic carbocycles. The standard InChI is InChI=1S/C20H24N4O2S/c1-3-16(2)17-4-8-20(9-5-17)27(25,26)24-12-10-23(11-13-24)19-7-6-18(14-21)22-15-19/h4-9,15-16H,3,10-13H2,1-2H3. The van der Waals surface area contributed by atoms with Crippen LogP contribution in [0.4, 0.5) is 5.69 Å². The molecule has 27 heavy (non-hydrogen) atoms. The van der Waals surface area contributed by atoms with Gasteiger partial charge in [-0.25, -0.2) is 13.4 Å². The van der Waals surface area contributed by atoms with Gasteiger partial charge in [-0.3, -0.25) is 0 Å². The first-order valence-corrected chi connectivity index (χ1v) is 10.6. The number of nitrogens with zero attached hydrogens (tertiary/aromatic N) is 4. The third-order valence-electron chi connectivity index (χ3n) is 5.17. The van der Waals surface area contributed by atoms with Gasteiger partial charge in [-0.05, 0) is 42.2 Å². The molecule has 2 aromatic rings. The molecule has 7 heteroatoms. The second-order valence-corrected chi connectivity index (χ2v) is 8.72. The third kappa shape index (κ3) is 4.12. The smallest absolute Gasteiger partial charge is 0.243 e. The van der Waals surface area contributed by atoms with Crippen molar-refractivity contribution in [2.75, 3.05) is 31.1 Å². The van der Waals surface area contributed by atoms with Crippen molar-refractivity contribution in [3.05, 3.63) is 53.9 Å². The summed E-state index contributed by atoms with van der Waals surface area (Å²) in [7, 11) is -3.48. The lowest BCUT2D eigenvalue weighted by atomic mass is 9.99. The Hall–Kier alpha value is -2.43. The maximum atomic E-state index is 12.9. The van der Waals surface area contributed by atoms with Gasteiger partial charge in [-0.15, -0.1) is 0 Å². The summed E-state index contributed by atoms with van der Waals surface area (Å²) >= 11 is 0. The zero-order valence-corrected chi connectivity index (χ0v) is 16.5. The highest BCUT2D eigenvalue weighted by molar-refractivity contribution is 7.89. The first kappa shape index (κ1) is 19.3. The van der Waals surface area contributed by atoms with Crippen molar-refractivity contribution in [3.63, 3.8) is 0 Å². The van der Waals surface area contributed by atoms with E-state index < -0.39 is 10.0 Å². The fraction of sp³-hybridized carbons (Fsp3) is 0.400. The van der Waals surface area contributed by atoms with Crippen LogP contribution < -0.4 is 4.90 Å². The van der Waals surface area contributed by atoms with E-state index in [1.165, 1.54) is 0 Å². The number of anilines is 1. The van der Waals surface area contributed by atoms with E-state index in [2.05, 4.69) is 23.7 Å². The molecular weight excluding hydrogens is 360 g/mol. The van der Waals surface area contributed by atoms with Gasteiger partial charge in [0.2, 0.25) is 10.0 Å². The number of aromatic nitrogens is 1. The topological polar surface area (TPSA) is 77.3 Å². The van der Waals surface area contributed by atoms with Crippen LogP contribution in [0.1, 0.15) is 37.4 Å². The zero-order chi connectivity index (χ0) is 19.4. The highest BCUT2D eigenvalue weighted by Gasteiger charge is 2.28. The lowest BCUT2D eigenvalue weighted by molar-refractivity contribution is 0.385. The quantitative estimate of drug-likeness (QED) is 0.792. The summed E-state index contributed by atoms with van der Waals surface area (Å²) in [4.78, 5) is 6.52. The van der Waals surface area contributed by atoms with E-state index >= 15 is 0 Å². The average molecular weight is 385 g/mol. The Morgan fingerprint density at radius 2 is 1.78 bits per heavy atom. The molecular formula is C20H24N4O2S. The van der Waals surface area contributed by atoms with Gasteiger partial charge in [0, 0.05) is 26.2 Å². The van der Waals surface area contributed by atoms with E-state index in [1.54, 1.807) is 28.7 Å². The maximum Gasteiger partial charge on any atom is 0.243 e. The number of nitriles is 1. The molecule has 1 aromatic heterocycles. The second kappa shape index (κ2) is 8.07. The molecule has 1 unspecified atom stereocenters. The molecule has 0 bridgehead atoms. The predicted molar refractivity (Wildman–Crippen MR) is 105 cm³/mol. The number of benzene rings is 1. The summed E-state index contributed by atoms with van der Waals surface area (Å²) in [5.74, 6) is 0.423. The van der Waals surface area contributed by atoms with Gasteiger partial charge in [0.05, 0.1) is 16.8 Å². The van der Waals surface area contributed by atoms with Gasteiger partial charge in [0.1, 0.15) is 11.8 Å². The van der Waals surface area contributed by atoms with E-state index in [0.717, 1.165) is 17.7 Å². The summed E-state index contributed by atoms with van der Waals surface area (Å²) in [6.07, 6.45) is 2.69. The molecule has 1 aliphatic heterocycles. The molecule has 0 saturated carbocycles. The summed E-state index contributed by atoms with van der Waals surface area (Å²) in [6.45, 7) is 6.30. The Balaban J connectivity index is 1.68. The molecule has 0 N–H and O–H groups in total. The van der Waals surface area contributed by atoms with Crippen LogP contribution in [0.3, 0.4) is 0 Å². The molecule has 3 rings (SSSR count). The number of hydrogen-bond acceptors (Lipinski definition) is 5. The molecule has 0 spiro atoms. The van der Waals surface area contributed by atoms with Gasteiger partial charge in [0.15, 0.2) is 0 Å². The van der Waals surface area contributed by atoms with Crippen LogP contribution in [-0.2, 0) is 10.0 Å². The maximum absolute atomic E-state index is 12.9. The molecule has 1 atom stereocenters. The molecule has 1 aliphatic rings. The van der Waals surface area contributed by atoms with Gasteiger partial charge in [-0.1, -0.05) is 26.0 Å². The fourth-order valence-corrected chi connectivity index (χ4v) is 4.60. The SMILES string of the molecule is CCC(C)c1ccc(S(=O)(=O)N2CCN(c3ccc(C#N)nc3)CC2)cc1. The van der Waals surface area contributed by atoms with Crippen LogP contribution in [0, 0.1) is 11.3 Å². The van der Waals surface area contributed by atoms with Crippen LogP contribution in [0.15, 0.2) is 47.5 Å². The Kier molecular flexibility index (Phi) is 5.78. The van der Waals surface area contributed by atoms with Crippen molar-refractivity contribution in [2.45, 2.75) is 31.1 Å². The lowest BCUT2D eigenvalue weighted by Gasteiger charge is -2.35. The van der Waals surface area contributed by atoms with Gasteiger partial charge >= 0.3 is 0 Å². The van der Waals surface area contributed by atoms with Crippen molar-refractivity contribution in [3.8, 4) is 6.07 Å². The minimum Gasteiger partial charge on any atom is -0.368 e. The molecule has 6 nitrogen and oxygen atoms in total. The number of pyridine rings is 1. The number of piperazine rings is 1. The van der Waals surface area contributed by atoms with Crippen LogP contribution in [0.2, 0.25) is 0 Å². The predicted octanol–water partition coefficient (Wildman–Crippen LogP) is 2.98. The van der Waals surface area contributed by atoms with Crippen molar-refractivity contribution in [1.29, 1.82) is 5.26 Å². The minimum atomic E-state index is -3.48. The van der Waals surface area contributed by atoms with Gasteiger partial charge in [0.25, 0.3) is 0 Å². The number of rotatable bonds is 5. The van der Waals surface area contributed by atoms with Gasteiger partial charge < -0.3 is 4.90 Å². The lowest BCUT2D eigenvalue weighted by Crippen LogP contribution is -2.48. The highest BCUT2D eigenvalue weighted by Crippen LogP contribution is 2.24. The molecule has 142 valence electrons. The first-order chi connectivity index (χ1) is 13.0. The molecule has 1 fully saturated rings. The summed E-state index contributed by atoms with van der Waals surface area (Å²) in [5, 5.41) is 8.83. The number of sulfonamides is 1. The zero-order valence-electron chi connectivity index (χ0n) is 15.7. The molecule has 2 heterocycles. The second-order valence-electron chi connectivity index (χ2n) is 6.78. The third-order valence-corrected chi connectivity index (χ3v) is 7.08. The summed E-state index contributed by atoms with van der Waals surface area (Å²) < 4.78 is 27.4. The summed E-state index contributed by atoms with van der Waals surface area (Å²) in [5.41, 5.74) is 2.44. The normalized spacial score (nSPS) is 16.7. The largest absolute Gasteiger partial charge is 0.368 e. The fourth-order valence-electron chi connectivity index (χ4n) is 3.18. The monoisotopic (exact) mass is 384 g/mol. The Bertz CT molecular complexity index is 910. The Labute approximate surface area is 161 Å². The average Bonchev–Trinajstić information content (AvgIpc) is 2.73. The van der Waals surface area contributed by atoms with Crippen molar-refractivity contribution < 1.29 is 8.42 Å². The first-order valence-electron chi connectivity index (χ1n) is 9.17. The van der Waals surface area contributed by atoms with E-state index in [9.17, 15) is 8.42 Å². The highest BCUT2D eigenvalue weighted by atomic mass is 32.2. The van der Waals surface area contributed by atoms with Crippen LogP contribution >= 0.6 is 0 Å². The van der Waals surface area contributed by atoms with E-state index in [4.69, 9.17) is 5.26 Å². The Morgan fingerprint density at radius 3 is 2.30 bits per heavy atom. The molecule has 1 saturated heterocycles. The van der Waals surface area contributed by atoms with E-state index in [-0.39, 0.29) is 0 Å². The Morgan fingerprint density at radius 1 is 1.11 bits per heavy atom. The van der Waals surface area contributed by atoms with Gasteiger partial charge in [-0.2, -0.15) is 9.57 Å². The summed E-state index contributed by atoms with van der Waals surface area (Å²) in [6, 6.07) is 12.8. The molecule has 0 amide bonds. The van der Waals surface area contributed by atoms with Crippen LogP contribution in [-0.4, -0.2) is 43.9 Å². The molecule has 0 aliphatic carbocycles. The number of hydrogen-bond donors (Lipinski definition) is 0. The van der Waals surface area contributed by atoms with Crippen LogP contribution in [0.5, 0.6) is 0 Å². The van der Waals surface area contributed by atoms with Crippen molar-refractivity contribution >= 4 is 15.7 Å². The minimum absolute atomic E-state index is 0.350. The van der Waals surface area contributed by atoms with E-state index in [0.29, 0.717) is 42.7 Å². The van der Waals surface area contributed by atoms with Crippen molar-refractivity contribution in [2.24, 2.45) is 0 Å². The van der Waals surface area contributed by atoms with Crippen molar-refractivity contribution in [1.82, 2.24) is 9.29 Å². The van der Waals surface area contributed by atoms with E-state index in [1.807, 2.05) is 24.3 Å². The molecule has 0 radical (unpaired) electrons.